The highest BCUT2D eigenvalue weighted by molar-refractivity contribution is 6.23. The number of phenols is 1. The van der Waals surface area contributed by atoms with Crippen molar-refractivity contribution in [1.82, 2.24) is 10.4 Å². The zero-order valence-corrected chi connectivity index (χ0v) is 12.6. The van der Waals surface area contributed by atoms with Gasteiger partial charge in [-0.15, -0.1) is 0 Å². The molecular weight excluding hydrogens is 296 g/mol. The minimum atomic E-state index is -0.729. The number of fused-ring (bicyclic) bond motifs is 1. The normalized spacial score (nSPS) is 13.2. The van der Waals surface area contributed by atoms with Crippen LogP contribution in [0.1, 0.15) is 42.2 Å². The fraction of sp³-hybridized carbons (Fsp3) is 0.118. The maximum absolute atomic E-state index is 12.5. The van der Waals surface area contributed by atoms with Crippen molar-refractivity contribution in [3.05, 3.63) is 64.2 Å². The fourth-order valence-electron chi connectivity index (χ4n) is 2.61. The second-order valence-electron chi connectivity index (χ2n) is 5.35. The van der Waals surface area contributed by atoms with E-state index in [1.165, 1.54) is 12.1 Å². The first-order chi connectivity index (χ1) is 10.9. The molecule has 2 aromatic rings. The first-order valence-electron chi connectivity index (χ1n) is 6.99. The number of aryl methyl sites for hydroxylation is 2. The Hall–Kier alpha value is -3.15. The van der Waals surface area contributed by atoms with E-state index in [1.807, 2.05) is 0 Å². The number of hydrogen-bond acceptors (Lipinski definition) is 4. The molecule has 1 aliphatic rings. The zero-order valence-electron chi connectivity index (χ0n) is 12.6. The number of phenolic OH excluding ortho intramolecular Hbond substituents is 1. The number of aromatic hydroxyl groups is 1. The molecule has 6 nitrogen and oxygen atoms in total. The molecule has 0 aliphatic carbocycles. The third-order valence-electron chi connectivity index (χ3n) is 3.82. The van der Waals surface area contributed by atoms with Gasteiger partial charge in [0.1, 0.15) is 5.75 Å². The predicted octanol–water partition coefficient (Wildman–Crippen LogP) is 1.95. The van der Waals surface area contributed by atoms with Crippen LogP contribution in [0, 0.1) is 13.8 Å². The fourth-order valence-corrected chi connectivity index (χ4v) is 2.61. The summed E-state index contributed by atoms with van der Waals surface area (Å²) in [4.78, 5) is 37.1. The predicted molar refractivity (Wildman–Crippen MR) is 82.0 cm³/mol. The van der Waals surface area contributed by atoms with Crippen LogP contribution in [0.4, 0.5) is 0 Å². The highest BCUT2D eigenvalue weighted by Gasteiger charge is 2.39. The molecule has 0 spiro atoms. The Kier molecular flexibility index (Phi) is 3.37. The minimum Gasteiger partial charge on any atom is -0.507 e. The maximum atomic E-state index is 12.5. The van der Waals surface area contributed by atoms with Crippen LogP contribution < -0.4 is 5.43 Å². The standard InChI is InChI=1S/C17H14N2O4/c1-9-7-8-10(2)14-13(9)16(22)19(17(14)23)18-15(21)11-5-3-4-6-12(11)20/h3-8,20H,1-2H3,(H,18,21). The van der Waals surface area contributed by atoms with Crippen LogP contribution in [-0.4, -0.2) is 27.8 Å². The van der Waals surface area contributed by atoms with Gasteiger partial charge in [0, 0.05) is 0 Å². The molecule has 1 heterocycles. The molecule has 3 rings (SSSR count). The molecular formula is C17H14N2O4. The smallest absolute Gasteiger partial charge is 0.280 e. The number of carbonyl (C=O) groups excluding carboxylic acids is 3. The molecule has 0 atom stereocenters. The third-order valence-corrected chi connectivity index (χ3v) is 3.82. The summed E-state index contributed by atoms with van der Waals surface area (Å²) in [6, 6.07) is 9.42. The monoisotopic (exact) mass is 310 g/mol. The third kappa shape index (κ3) is 2.24. The van der Waals surface area contributed by atoms with Crippen LogP contribution >= 0.6 is 0 Å². The Morgan fingerprint density at radius 2 is 1.48 bits per heavy atom. The molecule has 0 saturated heterocycles. The summed E-state index contributed by atoms with van der Waals surface area (Å²) in [5.41, 5.74) is 4.19. The van der Waals surface area contributed by atoms with E-state index in [-0.39, 0.29) is 11.3 Å². The maximum Gasteiger partial charge on any atom is 0.280 e. The molecule has 2 N–H and O–H groups in total. The van der Waals surface area contributed by atoms with Crippen LogP contribution in [-0.2, 0) is 0 Å². The Balaban J connectivity index is 1.95. The lowest BCUT2D eigenvalue weighted by molar-refractivity contribution is 0.0516. The van der Waals surface area contributed by atoms with Crippen LogP contribution in [0.3, 0.4) is 0 Å². The summed E-state index contributed by atoms with van der Waals surface area (Å²) in [6.45, 7) is 3.47. The minimum absolute atomic E-state index is 0.0162. The van der Waals surface area contributed by atoms with Crippen molar-refractivity contribution in [1.29, 1.82) is 0 Å². The van der Waals surface area contributed by atoms with E-state index < -0.39 is 17.7 Å². The van der Waals surface area contributed by atoms with Gasteiger partial charge in [0.15, 0.2) is 0 Å². The summed E-state index contributed by atoms with van der Waals surface area (Å²) in [5.74, 6) is -2.10. The van der Waals surface area contributed by atoms with Gasteiger partial charge in [0.25, 0.3) is 17.7 Å². The van der Waals surface area contributed by atoms with Crippen LogP contribution in [0.25, 0.3) is 0 Å². The zero-order chi connectivity index (χ0) is 16.7. The number of hydrazine groups is 1. The lowest BCUT2D eigenvalue weighted by atomic mass is 9.99. The highest BCUT2D eigenvalue weighted by atomic mass is 16.3. The number of amides is 3. The average molecular weight is 310 g/mol. The first-order valence-corrected chi connectivity index (χ1v) is 6.99. The molecule has 2 aromatic carbocycles. The summed E-state index contributed by atoms with van der Waals surface area (Å²) >= 11 is 0. The highest BCUT2D eigenvalue weighted by Crippen LogP contribution is 2.28. The number of para-hydroxylation sites is 1. The number of benzene rings is 2. The van der Waals surface area contributed by atoms with Gasteiger partial charge in [0.2, 0.25) is 0 Å². The Morgan fingerprint density at radius 3 is 2.00 bits per heavy atom. The van der Waals surface area contributed by atoms with Crippen molar-refractivity contribution in [2.24, 2.45) is 0 Å². The molecule has 0 saturated carbocycles. The summed E-state index contributed by atoms with van der Waals surface area (Å²) < 4.78 is 0. The van der Waals surface area contributed by atoms with Gasteiger partial charge in [-0.25, -0.2) is 0 Å². The van der Waals surface area contributed by atoms with Gasteiger partial charge < -0.3 is 5.11 Å². The van der Waals surface area contributed by atoms with Crippen LogP contribution in [0.15, 0.2) is 36.4 Å². The Bertz CT molecular complexity index is 817. The van der Waals surface area contributed by atoms with Crippen molar-refractivity contribution in [3.8, 4) is 5.75 Å². The number of nitrogens with one attached hydrogen (secondary N) is 1. The Morgan fingerprint density at radius 1 is 0.957 bits per heavy atom. The lowest BCUT2D eigenvalue weighted by Gasteiger charge is -2.15. The molecule has 116 valence electrons. The van der Waals surface area contributed by atoms with E-state index >= 15 is 0 Å². The van der Waals surface area contributed by atoms with E-state index in [4.69, 9.17) is 0 Å². The molecule has 0 radical (unpaired) electrons. The van der Waals surface area contributed by atoms with E-state index in [0.717, 1.165) is 0 Å². The second kappa shape index (κ2) is 5.24. The first kappa shape index (κ1) is 14.8. The molecule has 23 heavy (non-hydrogen) atoms. The van der Waals surface area contributed by atoms with E-state index in [0.29, 0.717) is 27.3 Å². The van der Waals surface area contributed by atoms with Crippen molar-refractivity contribution < 1.29 is 19.5 Å². The molecule has 3 amide bonds. The van der Waals surface area contributed by atoms with E-state index in [1.54, 1.807) is 38.1 Å². The van der Waals surface area contributed by atoms with Gasteiger partial charge in [-0.1, -0.05) is 24.3 Å². The summed E-state index contributed by atoms with van der Waals surface area (Å²) in [6.07, 6.45) is 0. The van der Waals surface area contributed by atoms with Gasteiger partial charge in [-0.2, -0.15) is 5.01 Å². The van der Waals surface area contributed by atoms with Crippen molar-refractivity contribution in [2.45, 2.75) is 13.8 Å². The van der Waals surface area contributed by atoms with Crippen molar-refractivity contribution in [3.63, 3.8) is 0 Å². The SMILES string of the molecule is Cc1ccc(C)c2c1C(=O)N(NC(=O)c1ccccc1O)C2=O. The largest absolute Gasteiger partial charge is 0.507 e. The quantitative estimate of drug-likeness (QED) is 0.830. The van der Waals surface area contributed by atoms with Gasteiger partial charge in [0.05, 0.1) is 16.7 Å². The number of hydrogen-bond donors (Lipinski definition) is 2. The van der Waals surface area contributed by atoms with Gasteiger partial charge in [-0.3, -0.25) is 19.8 Å². The molecule has 6 heteroatoms. The van der Waals surface area contributed by atoms with Gasteiger partial charge in [-0.05, 0) is 37.1 Å². The molecule has 1 aliphatic heterocycles. The van der Waals surface area contributed by atoms with Crippen LogP contribution in [0.2, 0.25) is 0 Å². The summed E-state index contributed by atoms with van der Waals surface area (Å²) in [7, 11) is 0. The Labute approximate surface area is 132 Å². The number of carbonyl (C=O) groups is 3. The van der Waals surface area contributed by atoms with Crippen molar-refractivity contribution >= 4 is 17.7 Å². The molecule has 0 aromatic heterocycles. The van der Waals surface area contributed by atoms with E-state index in [9.17, 15) is 19.5 Å². The number of rotatable bonds is 2. The van der Waals surface area contributed by atoms with E-state index in [2.05, 4.69) is 5.43 Å². The van der Waals surface area contributed by atoms with Crippen LogP contribution in [0.5, 0.6) is 5.75 Å². The molecule has 0 unspecified atom stereocenters. The number of imide groups is 1. The van der Waals surface area contributed by atoms with Crippen molar-refractivity contribution in [2.75, 3.05) is 0 Å². The number of nitrogens with zero attached hydrogens (tertiary/aromatic N) is 1. The topological polar surface area (TPSA) is 86.7 Å². The lowest BCUT2D eigenvalue weighted by Crippen LogP contribution is -2.46. The molecule has 0 bridgehead atoms. The molecule has 0 fully saturated rings. The average Bonchev–Trinajstić information content (AvgIpc) is 2.77. The summed E-state index contributed by atoms with van der Waals surface area (Å²) in [5, 5.41) is 10.4. The second-order valence-corrected chi connectivity index (χ2v) is 5.35. The van der Waals surface area contributed by atoms with Gasteiger partial charge >= 0.3 is 0 Å².